The highest BCUT2D eigenvalue weighted by molar-refractivity contribution is 6.33. The SMILES string of the molecule is O=C(O)[C@@H]1CC(O)CN1C(=O)Nc1ccc(F)cc1Cl. The quantitative estimate of drug-likeness (QED) is 0.773. The van der Waals surface area contributed by atoms with Crippen LogP contribution in [0, 0.1) is 5.82 Å². The molecule has 2 atom stereocenters. The van der Waals surface area contributed by atoms with E-state index >= 15 is 0 Å². The fourth-order valence-corrected chi connectivity index (χ4v) is 2.26. The second-order valence-corrected chi connectivity index (χ2v) is 4.86. The summed E-state index contributed by atoms with van der Waals surface area (Å²) in [5, 5.41) is 20.9. The Bertz CT molecular complexity index is 554. The highest BCUT2D eigenvalue weighted by Gasteiger charge is 2.39. The van der Waals surface area contributed by atoms with E-state index in [9.17, 15) is 19.1 Å². The van der Waals surface area contributed by atoms with Crippen LogP contribution in [0.4, 0.5) is 14.9 Å². The molecular formula is C12H12ClFN2O4. The molecule has 0 saturated carbocycles. The average Bonchev–Trinajstić information content (AvgIpc) is 2.75. The lowest BCUT2D eigenvalue weighted by Gasteiger charge is -2.21. The molecule has 108 valence electrons. The molecule has 1 aliphatic heterocycles. The van der Waals surface area contributed by atoms with Crippen molar-refractivity contribution in [2.75, 3.05) is 11.9 Å². The number of hydrogen-bond donors (Lipinski definition) is 3. The topological polar surface area (TPSA) is 89.9 Å². The normalized spacial score (nSPS) is 21.9. The first kappa shape index (κ1) is 14.5. The number of nitrogens with one attached hydrogen (secondary N) is 1. The standard InChI is InChI=1S/C12H12ClFN2O4/c13-8-3-6(14)1-2-9(8)15-12(20)16-5-7(17)4-10(16)11(18)19/h1-3,7,10,17H,4-5H2,(H,15,20)(H,18,19)/t7?,10-/m0/s1. The summed E-state index contributed by atoms with van der Waals surface area (Å²) in [5.41, 5.74) is 0.170. The summed E-state index contributed by atoms with van der Waals surface area (Å²) in [4.78, 5) is 24.0. The summed E-state index contributed by atoms with van der Waals surface area (Å²) in [6.45, 7) is -0.0817. The minimum atomic E-state index is -1.19. The molecule has 2 amide bonds. The van der Waals surface area contributed by atoms with Crippen LogP contribution in [0.15, 0.2) is 18.2 Å². The Balaban J connectivity index is 2.13. The first-order valence-corrected chi connectivity index (χ1v) is 6.20. The summed E-state index contributed by atoms with van der Waals surface area (Å²) in [6.07, 6.45) is -0.912. The maximum atomic E-state index is 12.9. The molecule has 1 aromatic rings. The van der Waals surface area contributed by atoms with Gasteiger partial charge < -0.3 is 20.4 Å². The lowest BCUT2D eigenvalue weighted by Crippen LogP contribution is -2.43. The predicted octanol–water partition coefficient (Wildman–Crippen LogP) is 1.53. The number of carbonyl (C=O) groups excluding carboxylic acids is 1. The number of amides is 2. The first-order valence-electron chi connectivity index (χ1n) is 5.82. The smallest absolute Gasteiger partial charge is 0.326 e. The van der Waals surface area contributed by atoms with Crippen molar-refractivity contribution in [1.82, 2.24) is 4.90 Å². The van der Waals surface area contributed by atoms with Crippen LogP contribution in [0.2, 0.25) is 5.02 Å². The highest BCUT2D eigenvalue weighted by Crippen LogP contribution is 2.24. The molecule has 1 aliphatic rings. The predicted molar refractivity (Wildman–Crippen MR) is 69.2 cm³/mol. The molecule has 0 aliphatic carbocycles. The number of aliphatic carboxylic acids is 1. The van der Waals surface area contributed by atoms with Gasteiger partial charge in [0.1, 0.15) is 11.9 Å². The van der Waals surface area contributed by atoms with Crippen molar-refractivity contribution in [2.45, 2.75) is 18.6 Å². The Kier molecular flexibility index (Phi) is 4.10. The fourth-order valence-electron chi connectivity index (χ4n) is 2.05. The van der Waals surface area contributed by atoms with Crippen LogP contribution in [-0.4, -0.2) is 45.8 Å². The number of carbonyl (C=O) groups is 2. The molecule has 0 bridgehead atoms. The lowest BCUT2D eigenvalue weighted by atomic mass is 10.2. The molecule has 1 heterocycles. The van der Waals surface area contributed by atoms with Crippen LogP contribution in [0.5, 0.6) is 0 Å². The molecular weight excluding hydrogens is 291 g/mol. The van der Waals surface area contributed by atoms with Gasteiger partial charge in [-0.2, -0.15) is 0 Å². The summed E-state index contributed by atoms with van der Waals surface area (Å²) in [6, 6.07) is 1.63. The van der Waals surface area contributed by atoms with Crippen LogP contribution >= 0.6 is 11.6 Å². The maximum Gasteiger partial charge on any atom is 0.326 e. The van der Waals surface area contributed by atoms with E-state index in [1.807, 2.05) is 0 Å². The number of β-amino-alcohol motifs (C(OH)–C–C–N with tert-alkyl or cyclic N) is 1. The molecule has 20 heavy (non-hydrogen) atoms. The third-order valence-corrected chi connectivity index (χ3v) is 3.31. The zero-order valence-electron chi connectivity index (χ0n) is 10.2. The number of nitrogens with zero attached hydrogens (tertiary/aromatic N) is 1. The molecule has 0 spiro atoms. The summed E-state index contributed by atoms with van der Waals surface area (Å²) >= 11 is 5.77. The Labute approximate surface area is 118 Å². The van der Waals surface area contributed by atoms with Crippen LogP contribution in [0.25, 0.3) is 0 Å². The van der Waals surface area contributed by atoms with Crippen LogP contribution in [0.3, 0.4) is 0 Å². The van der Waals surface area contributed by atoms with E-state index in [0.29, 0.717) is 0 Å². The van der Waals surface area contributed by atoms with Crippen LogP contribution < -0.4 is 5.32 Å². The Morgan fingerprint density at radius 3 is 2.75 bits per heavy atom. The highest BCUT2D eigenvalue weighted by atomic mass is 35.5. The molecule has 1 aromatic carbocycles. The number of halogens is 2. The van der Waals surface area contributed by atoms with Gasteiger partial charge in [0.2, 0.25) is 0 Å². The van der Waals surface area contributed by atoms with Gasteiger partial charge in [-0.1, -0.05) is 11.6 Å². The number of urea groups is 1. The van der Waals surface area contributed by atoms with Gasteiger partial charge >= 0.3 is 12.0 Å². The van der Waals surface area contributed by atoms with Crippen molar-refractivity contribution in [3.05, 3.63) is 29.0 Å². The summed E-state index contributed by atoms with van der Waals surface area (Å²) in [7, 11) is 0. The number of aliphatic hydroxyl groups excluding tert-OH is 1. The van der Waals surface area contributed by atoms with Gasteiger partial charge in [0.25, 0.3) is 0 Å². The summed E-state index contributed by atoms with van der Waals surface area (Å²) in [5.74, 6) is -1.74. The number of likely N-dealkylation sites (tertiary alicyclic amines) is 1. The van der Waals surface area contributed by atoms with Gasteiger partial charge in [-0.05, 0) is 18.2 Å². The van der Waals surface area contributed by atoms with E-state index in [2.05, 4.69) is 5.32 Å². The van der Waals surface area contributed by atoms with E-state index in [1.165, 1.54) is 6.07 Å². The minimum absolute atomic E-state index is 0.00460. The molecule has 2 rings (SSSR count). The molecule has 3 N–H and O–H groups in total. The van der Waals surface area contributed by atoms with E-state index in [-0.39, 0.29) is 23.7 Å². The molecule has 1 saturated heterocycles. The molecule has 1 fully saturated rings. The van der Waals surface area contributed by atoms with Gasteiger partial charge in [-0.25, -0.2) is 14.0 Å². The van der Waals surface area contributed by atoms with Crippen molar-refractivity contribution in [2.24, 2.45) is 0 Å². The lowest BCUT2D eigenvalue weighted by molar-refractivity contribution is -0.141. The van der Waals surface area contributed by atoms with Crippen molar-refractivity contribution < 1.29 is 24.2 Å². The molecule has 0 radical (unpaired) electrons. The van der Waals surface area contributed by atoms with E-state index in [1.54, 1.807) is 0 Å². The third kappa shape index (κ3) is 3.00. The van der Waals surface area contributed by atoms with Gasteiger partial charge in [0.05, 0.1) is 16.8 Å². The van der Waals surface area contributed by atoms with E-state index in [0.717, 1.165) is 17.0 Å². The van der Waals surface area contributed by atoms with E-state index < -0.39 is 30.0 Å². The third-order valence-electron chi connectivity index (χ3n) is 3.00. The number of aliphatic hydroxyl groups is 1. The second kappa shape index (κ2) is 5.64. The Hall–Kier alpha value is -1.86. The first-order chi connectivity index (χ1) is 9.38. The molecule has 8 heteroatoms. The second-order valence-electron chi connectivity index (χ2n) is 4.45. The largest absolute Gasteiger partial charge is 0.480 e. The monoisotopic (exact) mass is 302 g/mol. The van der Waals surface area contributed by atoms with Gasteiger partial charge in [-0.3, -0.25) is 0 Å². The zero-order valence-corrected chi connectivity index (χ0v) is 11.0. The Morgan fingerprint density at radius 1 is 1.45 bits per heavy atom. The van der Waals surface area contributed by atoms with Crippen LogP contribution in [-0.2, 0) is 4.79 Å². The van der Waals surface area contributed by atoms with Crippen molar-refractivity contribution in [3.63, 3.8) is 0 Å². The molecule has 6 nitrogen and oxygen atoms in total. The molecule has 0 aromatic heterocycles. The fraction of sp³-hybridized carbons (Fsp3) is 0.333. The summed E-state index contributed by atoms with van der Waals surface area (Å²) < 4.78 is 12.9. The minimum Gasteiger partial charge on any atom is -0.480 e. The van der Waals surface area contributed by atoms with Gasteiger partial charge in [0.15, 0.2) is 0 Å². The van der Waals surface area contributed by atoms with Crippen LogP contribution in [0.1, 0.15) is 6.42 Å². The van der Waals surface area contributed by atoms with Gasteiger partial charge in [-0.15, -0.1) is 0 Å². The zero-order chi connectivity index (χ0) is 14.9. The molecule has 1 unspecified atom stereocenters. The van der Waals surface area contributed by atoms with Gasteiger partial charge in [0, 0.05) is 13.0 Å². The number of carboxylic acid groups (broad SMARTS) is 1. The van der Waals surface area contributed by atoms with Crippen molar-refractivity contribution in [1.29, 1.82) is 0 Å². The number of hydrogen-bond acceptors (Lipinski definition) is 3. The number of rotatable bonds is 2. The van der Waals surface area contributed by atoms with Crippen molar-refractivity contribution in [3.8, 4) is 0 Å². The average molecular weight is 303 g/mol. The van der Waals surface area contributed by atoms with Crippen molar-refractivity contribution >= 4 is 29.3 Å². The number of carboxylic acids is 1. The number of benzene rings is 1. The number of anilines is 1. The van der Waals surface area contributed by atoms with E-state index in [4.69, 9.17) is 16.7 Å². The maximum absolute atomic E-state index is 12.9. The Morgan fingerprint density at radius 2 is 2.15 bits per heavy atom.